The molecule has 6 nitrogen and oxygen atoms in total. The number of aromatic nitrogens is 4. The van der Waals surface area contributed by atoms with Crippen molar-refractivity contribution in [1.82, 2.24) is 19.9 Å². The lowest BCUT2D eigenvalue weighted by Crippen LogP contribution is -2.12. The molecule has 20 heavy (non-hydrogen) atoms. The summed E-state index contributed by atoms with van der Waals surface area (Å²) in [5, 5.41) is 5.81. The molecule has 0 amide bonds. The molecule has 110 valence electrons. The van der Waals surface area contributed by atoms with Crippen LogP contribution in [0.15, 0.2) is 6.33 Å². The van der Waals surface area contributed by atoms with E-state index in [2.05, 4.69) is 30.6 Å². The Hall–Kier alpha value is -1.71. The number of halogens is 3. The van der Waals surface area contributed by atoms with E-state index >= 15 is 0 Å². The van der Waals surface area contributed by atoms with E-state index in [4.69, 9.17) is 0 Å². The molecule has 0 aromatic carbocycles. The number of hydrogen-bond donors (Lipinski definition) is 3. The fourth-order valence-corrected chi connectivity index (χ4v) is 1.97. The third-order valence-electron chi connectivity index (χ3n) is 2.28. The third kappa shape index (κ3) is 3.89. The van der Waals surface area contributed by atoms with E-state index in [9.17, 15) is 13.2 Å². The minimum atomic E-state index is -4.22. The molecule has 0 atom stereocenters. The van der Waals surface area contributed by atoms with Crippen LogP contribution in [0.25, 0.3) is 11.2 Å². The van der Waals surface area contributed by atoms with Crippen LogP contribution in [0.3, 0.4) is 0 Å². The lowest BCUT2D eigenvalue weighted by Gasteiger charge is -2.09. The molecule has 0 fully saturated rings. The maximum absolute atomic E-state index is 12.0. The summed E-state index contributed by atoms with van der Waals surface area (Å²) in [5.41, 5.74) is -3.18. The number of fused-ring (bicyclic) bond motifs is 1. The molecule has 0 aliphatic rings. The molecule has 2 aromatic rings. The van der Waals surface area contributed by atoms with Crippen LogP contribution in [-0.4, -0.2) is 44.3 Å². The molecular formula is C10H13F3N6S. The van der Waals surface area contributed by atoms with Crippen molar-refractivity contribution in [2.45, 2.75) is 12.4 Å². The second-order valence-electron chi connectivity index (χ2n) is 3.75. The Balaban J connectivity index is 2.06. The van der Waals surface area contributed by atoms with Gasteiger partial charge in [0.25, 0.3) is 0 Å². The number of nitrogens with zero attached hydrogens (tertiary/aromatic N) is 3. The molecule has 10 heteroatoms. The van der Waals surface area contributed by atoms with E-state index in [-0.39, 0.29) is 24.1 Å². The summed E-state index contributed by atoms with van der Waals surface area (Å²) in [6, 6.07) is 0. The fourth-order valence-electron chi connectivity index (χ4n) is 1.53. The number of anilines is 2. The second-order valence-corrected chi connectivity index (χ2v) is 4.91. The summed E-state index contributed by atoms with van der Waals surface area (Å²) in [4.78, 5) is 15.2. The molecular weight excluding hydrogens is 293 g/mol. The Morgan fingerprint density at radius 1 is 1.30 bits per heavy atom. The molecule has 0 aliphatic heterocycles. The first-order chi connectivity index (χ1) is 9.49. The van der Waals surface area contributed by atoms with Crippen molar-refractivity contribution < 1.29 is 13.2 Å². The van der Waals surface area contributed by atoms with E-state index in [0.29, 0.717) is 29.5 Å². The highest BCUT2D eigenvalue weighted by molar-refractivity contribution is 8.00. The van der Waals surface area contributed by atoms with E-state index in [1.54, 1.807) is 0 Å². The van der Waals surface area contributed by atoms with Crippen molar-refractivity contribution in [3.8, 4) is 0 Å². The quantitative estimate of drug-likeness (QED) is 0.712. The molecule has 0 saturated carbocycles. The van der Waals surface area contributed by atoms with Gasteiger partial charge in [0.05, 0.1) is 6.33 Å². The summed E-state index contributed by atoms with van der Waals surface area (Å²) in [7, 11) is 0. The number of hydrogen-bond acceptors (Lipinski definition) is 6. The minimum absolute atomic E-state index is 0.0726. The van der Waals surface area contributed by atoms with Gasteiger partial charge < -0.3 is 15.6 Å². The Labute approximate surface area is 117 Å². The monoisotopic (exact) mass is 306 g/mol. The lowest BCUT2D eigenvalue weighted by atomic mass is 10.5. The Kier molecular flexibility index (Phi) is 4.53. The zero-order chi connectivity index (χ0) is 14.6. The zero-order valence-electron chi connectivity index (χ0n) is 10.6. The highest BCUT2D eigenvalue weighted by atomic mass is 32.2. The van der Waals surface area contributed by atoms with Crippen LogP contribution in [0.2, 0.25) is 0 Å². The van der Waals surface area contributed by atoms with Gasteiger partial charge >= 0.3 is 5.51 Å². The van der Waals surface area contributed by atoms with Gasteiger partial charge in [-0.3, -0.25) is 0 Å². The minimum Gasteiger partial charge on any atom is -0.367 e. The number of alkyl halides is 3. The topological polar surface area (TPSA) is 78.5 Å². The smallest absolute Gasteiger partial charge is 0.367 e. The predicted molar refractivity (Wildman–Crippen MR) is 72.9 cm³/mol. The summed E-state index contributed by atoms with van der Waals surface area (Å²) in [6.07, 6.45) is 1.46. The van der Waals surface area contributed by atoms with Gasteiger partial charge in [-0.15, -0.1) is 0 Å². The SMILES string of the molecule is CCNc1nc(NCCSC(F)(F)F)c2[nH]cnc2n1. The van der Waals surface area contributed by atoms with Crippen LogP contribution in [0.5, 0.6) is 0 Å². The van der Waals surface area contributed by atoms with Gasteiger partial charge in [-0.2, -0.15) is 23.1 Å². The molecule has 2 heterocycles. The van der Waals surface area contributed by atoms with Crippen LogP contribution in [0.4, 0.5) is 24.9 Å². The van der Waals surface area contributed by atoms with E-state index in [1.807, 2.05) is 6.92 Å². The Morgan fingerprint density at radius 2 is 2.10 bits per heavy atom. The van der Waals surface area contributed by atoms with Gasteiger partial charge in [0.2, 0.25) is 5.95 Å². The zero-order valence-corrected chi connectivity index (χ0v) is 11.4. The van der Waals surface area contributed by atoms with Gasteiger partial charge in [-0.05, 0) is 18.7 Å². The highest BCUT2D eigenvalue weighted by Crippen LogP contribution is 2.29. The molecule has 0 unspecified atom stereocenters. The van der Waals surface area contributed by atoms with Crippen molar-refractivity contribution >= 4 is 34.7 Å². The number of imidazole rings is 1. The van der Waals surface area contributed by atoms with Crippen LogP contribution in [0.1, 0.15) is 6.92 Å². The Bertz CT molecular complexity index is 570. The first-order valence-corrected chi connectivity index (χ1v) is 6.87. The normalized spacial score (nSPS) is 11.8. The van der Waals surface area contributed by atoms with Crippen molar-refractivity contribution in [3.63, 3.8) is 0 Å². The molecule has 3 N–H and O–H groups in total. The van der Waals surface area contributed by atoms with Crippen LogP contribution in [0, 0.1) is 0 Å². The third-order valence-corrected chi connectivity index (χ3v) is 3.02. The largest absolute Gasteiger partial charge is 0.441 e. The molecule has 0 saturated heterocycles. The van der Waals surface area contributed by atoms with E-state index in [0.717, 1.165) is 0 Å². The number of H-pyrrole nitrogens is 1. The molecule has 2 rings (SSSR count). The number of thioether (sulfide) groups is 1. The molecule has 2 aromatic heterocycles. The average molecular weight is 306 g/mol. The second kappa shape index (κ2) is 6.16. The first-order valence-electron chi connectivity index (χ1n) is 5.89. The molecule has 0 aliphatic carbocycles. The lowest BCUT2D eigenvalue weighted by molar-refractivity contribution is -0.0327. The fraction of sp³-hybridized carbons (Fsp3) is 0.500. The number of nitrogens with one attached hydrogen (secondary N) is 3. The van der Waals surface area contributed by atoms with Crippen molar-refractivity contribution in [2.75, 3.05) is 29.5 Å². The number of rotatable bonds is 6. The van der Waals surface area contributed by atoms with Crippen LogP contribution >= 0.6 is 11.8 Å². The highest BCUT2D eigenvalue weighted by Gasteiger charge is 2.27. The maximum Gasteiger partial charge on any atom is 0.441 e. The first kappa shape index (κ1) is 14.7. The molecule has 0 spiro atoms. The van der Waals surface area contributed by atoms with Crippen LogP contribution in [-0.2, 0) is 0 Å². The Morgan fingerprint density at radius 3 is 2.80 bits per heavy atom. The van der Waals surface area contributed by atoms with Gasteiger partial charge in [0.1, 0.15) is 5.52 Å². The summed E-state index contributed by atoms with van der Waals surface area (Å²) >= 11 is -0.0726. The van der Waals surface area contributed by atoms with Gasteiger partial charge in [-0.1, -0.05) is 0 Å². The van der Waals surface area contributed by atoms with E-state index < -0.39 is 5.51 Å². The van der Waals surface area contributed by atoms with Crippen molar-refractivity contribution in [3.05, 3.63) is 6.33 Å². The molecule has 0 bridgehead atoms. The van der Waals surface area contributed by atoms with E-state index in [1.165, 1.54) is 6.33 Å². The standard InChI is InChI=1S/C10H13F3N6S/c1-2-14-9-18-7(6-8(19-9)17-5-16-6)15-3-4-20-10(11,12)13/h5H,2-4H2,1H3,(H3,14,15,16,17,18,19). The molecule has 0 radical (unpaired) electrons. The summed E-state index contributed by atoms with van der Waals surface area (Å²) in [6.45, 7) is 2.67. The predicted octanol–water partition coefficient (Wildman–Crippen LogP) is 2.45. The van der Waals surface area contributed by atoms with Crippen molar-refractivity contribution in [1.29, 1.82) is 0 Å². The van der Waals surface area contributed by atoms with Gasteiger partial charge in [-0.25, -0.2) is 4.98 Å². The average Bonchev–Trinajstić information content (AvgIpc) is 2.82. The van der Waals surface area contributed by atoms with Crippen LogP contribution < -0.4 is 10.6 Å². The summed E-state index contributed by atoms with van der Waals surface area (Å²) in [5.74, 6) is 0.726. The summed E-state index contributed by atoms with van der Waals surface area (Å²) < 4.78 is 36.1. The van der Waals surface area contributed by atoms with Gasteiger partial charge in [0.15, 0.2) is 11.5 Å². The maximum atomic E-state index is 12.0. The van der Waals surface area contributed by atoms with Gasteiger partial charge in [0, 0.05) is 18.8 Å². The van der Waals surface area contributed by atoms with Crippen molar-refractivity contribution in [2.24, 2.45) is 0 Å². The number of aromatic amines is 1.